The van der Waals surface area contributed by atoms with Crippen molar-refractivity contribution in [2.24, 2.45) is 11.8 Å². The molecule has 0 aromatic rings. The topological polar surface area (TPSA) is 35.5 Å². The lowest BCUT2D eigenvalue weighted by Gasteiger charge is -2.28. The first-order chi connectivity index (χ1) is 7.25. The van der Waals surface area contributed by atoms with E-state index in [9.17, 15) is 5.11 Å². The first-order valence-corrected chi connectivity index (χ1v) is 6.41. The highest BCUT2D eigenvalue weighted by Gasteiger charge is 2.40. The minimum absolute atomic E-state index is 0.341. The number of likely N-dealkylation sites (tertiary alicyclic amines) is 1. The molecule has 0 aromatic carbocycles. The molecule has 2 atom stereocenters. The number of nitrogens with zero attached hydrogens (tertiary/aromatic N) is 1. The smallest absolute Gasteiger partial charge is 0.0774 e. The van der Waals surface area contributed by atoms with Crippen LogP contribution in [0.2, 0.25) is 0 Å². The van der Waals surface area contributed by atoms with Crippen LogP contribution in [0.5, 0.6) is 0 Å². The van der Waals surface area contributed by atoms with Gasteiger partial charge in [-0.3, -0.25) is 4.90 Å². The summed E-state index contributed by atoms with van der Waals surface area (Å²) in [4.78, 5) is 2.50. The summed E-state index contributed by atoms with van der Waals surface area (Å²) in [6.45, 7) is 5.74. The van der Waals surface area contributed by atoms with Gasteiger partial charge in [-0.1, -0.05) is 12.8 Å². The molecule has 1 saturated carbocycles. The number of rotatable bonds is 2. The Morgan fingerprint density at radius 2 is 1.73 bits per heavy atom. The number of β-amino-alcohol motifs (C(OH)–C–C–N with tert-alkyl or cyclic N) is 1. The third kappa shape index (κ3) is 1.93. The van der Waals surface area contributed by atoms with Crippen LogP contribution in [0, 0.1) is 11.8 Å². The van der Waals surface area contributed by atoms with Crippen molar-refractivity contribution in [1.82, 2.24) is 10.2 Å². The molecule has 2 heterocycles. The molecule has 0 amide bonds. The molecule has 2 aliphatic heterocycles. The van der Waals surface area contributed by atoms with E-state index in [0.29, 0.717) is 0 Å². The third-order valence-corrected chi connectivity index (χ3v) is 4.52. The van der Waals surface area contributed by atoms with Gasteiger partial charge >= 0.3 is 0 Å². The van der Waals surface area contributed by atoms with Crippen molar-refractivity contribution in [3.8, 4) is 0 Å². The van der Waals surface area contributed by atoms with Gasteiger partial charge in [0.25, 0.3) is 0 Å². The van der Waals surface area contributed by atoms with Crippen LogP contribution in [0.4, 0.5) is 0 Å². The van der Waals surface area contributed by atoms with Crippen LogP contribution in [0.15, 0.2) is 0 Å². The zero-order valence-electron chi connectivity index (χ0n) is 9.41. The highest BCUT2D eigenvalue weighted by molar-refractivity contribution is 4.95. The molecular weight excluding hydrogens is 188 g/mol. The molecule has 3 fully saturated rings. The number of fused-ring (bicyclic) bond motifs is 1. The summed E-state index contributed by atoms with van der Waals surface area (Å²) < 4.78 is 0. The maximum atomic E-state index is 10.4. The van der Waals surface area contributed by atoms with E-state index in [1.807, 2.05) is 0 Å². The summed E-state index contributed by atoms with van der Waals surface area (Å²) in [6, 6.07) is 0. The van der Waals surface area contributed by atoms with Crippen molar-refractivity contribution in [3.05, 3.63) is 0 Å². The second kappa shape index (κ2) is 3.72. The Morgan fingerprint density at radius 3 is 2.33 bits per heavy atom. The minimum atomic E-state index is -0.341. The molecule has 2 N–H and O–H groups in total. The van der Waals surface area contributed by atoms with Crippen LogP contribution >= 0.6 is 0 Å². The molecule has 15 heavy (non-hydrogen) atoms. The Kier molecular flexibility index (Phi) is 2.49. The molecular formula is C12H22N2O. The van der Waals surface area contributed by atoms with Gasteiger partial charge in [-0.2, -0.15) is 0 Å². The van der Waals surface area contributed by atoms with Crippen molar-refractivity contribution >= 4 is 0 Å². The normalized spacial score (nSPS) is 39.8. The van der Waals surface area contributed by atoms with Gasteiger partial charge in [0.15, 0.2) is 0 Å². The maximum absolute atomic E-state index is 10.4. The summed E-state index contributed by atoms with van der Waals surface area (Å²) >= 11 is 0. The minimum Gasteiger partial charge on any atom is -0.389 e. The number of hydrogen-bond donors (Lipinski definition) is 2. The third-order valence-electron chi connectivity index (χ3n) is 4.52. The molecule has 3 heteroatoms. The van der Waals surface area contributed by atoms with E-state index >= 15 is 0 Å². The molecule has 0 unspecified atom stereocenters. The van der Waals surface area contributed by atoms with Crippen molar-refractivity contribution in [2.45, 2.75) is 31.3 Å². The van der Waals surface area contributed by atoms with E-state index in [1.54, 1.807) is 0 Å². The van der Waals surface area contributed by atoms with Gasteiger partial charge in [-0.05, 0) is 37.8 Å². The largest absolute Gasteiger partial charge is 0.389 e. The fraction of sp³-hybridized carbons (Fsp3) is 1.00. The highest BCUT2D eigenvalue weighted by atomic mass is 16.3. The lowest BCUT2D eigenvalue weighted by Crippen LogP contribution is -2.41. The lowest BCUT2D eigenvalue weighted by molar-refractivity contribution is 0.0139. The van der Waals surface area contributed by atoms with Crippen molar-refractivity contribution in [2.75, 3.05) is 32.7 Å². The van der Waals surface area contributed by atoms with Crippen LogP contribution in [-0.4, -0.2) is 48.3 Å². The van der Waals surface area contributed by atoms with Crippen molar-refractivity contribution in [3.63, 3.8) is 0 Å². The molecule has 86 valence electrons. The zero-order chi connectivity index (χ0) is 10.3. The van der Waals surface area contributed by atoms with E-state index in [-0.39, 0.29) is 5.60 Å². The van der Waals surface area contributed by atoms with Gasteiger partial charge in [-0.15, -0.1) is 0 Å². The molecule has 0 aromatic heterocycles. The lowest BCUT2D eigenvalue weighted by atomic mass is 10.0. The molecule has 3 aliphatic rings. The Bertz CT molecular complexity index is 226. The van der Waals surface area contributed by atoms with Gasteiger partial charge < -0.3 is 10.4 Å². The fourth-order valence-corrected chi connectivity index (χ4v) is 3.69. The Labute approximate surface area is 91.8 Å². The van der Waals surface area contributed by atoms with Gasteiger partial charge in [0, 0.05) is 19.6 Å². The molecule has 2 saturated heterocycles. The Balaban J connectivity index is 1.56. The summed E-state index contributed by atoms with van der Waals surface area (Å²) in [5.74, 6) is 1.71. The fourth-order valence-electron chi connectivity index (χ4n) is 3.69. The Morgan fingerprint density at radius 1 is 1.13 bits per heavy atom. The van der Waals surface area contributed by atoms with Gasteiger partial charge in [0.1, 0.15) is 0 Å². The summed E-state index contributed by atoms with van der Waals surface area (Å²) in [7, 11) is 0. The molecule has 3 nitrogen and oxygen atoms in total. The molecule has 0 radical (unpaired) electrons. The van der Waals surface area contributed by atoms with Gasteiger partial charge in [0.05, 0.1) is 5.60 Å². The maximum Gasteiger partial charge on any atom is 0.0774 e. The average molecular weight is 210 g/mol. The predicted octanol–water partition coefficient (Wildman–Crippen LogP) is 0.443. The van der Waals surface area contributed by atoms with Crippen LogP contribution in [0.1, 0.15) is 25.7 Å². The highest BCUT2D eigenvalue weighted by Crippen LogP contribution is 2.33. The average Bonchev–Trinajstić information content (AvgIpc) is 2.80. The zero-order valence-corrected chi connectivity index (χ0v) is 9.41. The Hall–Kier alpha value is -0.120. The molecule has 3 rings (SSSR count). The summed E-state index contributed by atoms with van der Waals surface area (Å²) in [5, 5.41) is 13.8. The van der Waals surface area contributed by atoms with Gasteiger partial charge in [-0.25, -0.2) is 0 Å². The van der Waals surface area contributed by atoms with Crippen LogP contribution < -0.4 is 5.32 Å². The van der Waals surface area contributed by atoms with Crippen LogP contribution in [0.25, 0.3) is 0 Å². The van der Waals surface area contributed by atoms with Crippen molar-refractivity contribution < 1.29 is 5.11 Å². The number of aliphatic hydroxyl groups is 1. The van der Waals surface area contributed by atoms with E-state index in [2.05, 4.69) is 10.2 Å². The first-order valence-electron chi connectivity index (χ1n) is 6.41. The molecule has 1 aliphatic carbocycles. The predicted molar refractivity (Wildman–Crippen MR) is 59.7 cm³/mol. The van der Waals surface area contributed by atoms with E-state index in [1.165, 1.54) is 39.0 Å². The standard InChI is InChI=1S/C12H22N2O/c15-12(3-1-2-4-12)9-14-7-10-5-13-6-11(10)8-14/h10-11,13,15H,1-9H2/t10-,11+. The SMILES string of the molecule is OC1(CN2C[C@H]3CNC[C@H]3C2)CCCC1. The van der Waals surface area contributed by atoms with E-state index in [0.717, 1.165) is 31.2 Å². The van der Waals surface area contributed by atoms with Crippen molar-refractivity contribution in [1.29, 1.82) is 0 Å². The molecule has 0 spiro atoms. The quantitative estimate of drug-likeness (QED) is 0.694. The van der Waals surface area contributed by atoms with E-state index < -0.39 is 0 Å². The summed E-state index contributed by atoms with van der Waals surface area (Å²) in [6.07, 6.45) is 4.49. The van der Waals surface area contributed by atoms with Gasteiger partial charge in [0.2, 0.25) is 0 Å². The second-order valence-electron chi connectivity index (χ2n) is 5.80. The van der Waals surface area contributed by atoms with Crippen LogP contribution in [0.3, 0.4) is 0 Å². The monoisotopic (exact) mass is 210 g/mol. The second-order valence-corrected chi connectivity index (χ2v) is 5.80. The first kappa shape index (κ1) is 10.1. The van der Waals surface area contributed by atoms with Crippen LogP contribution in [-0.2, 0) is 0 Å². The van der Waals surface area contributed by atoms with E-state index in [4.69, 9.17) is 0 Å². The molecule has 0 bridgehead atoms. The number of nitrogens with one attached hydrogen (secondary N) is 1. The summed E-state index contributed by atoms with van der Waals surface area (Å²) in [5.41, 5.74) is -0.341. The number of hydrogen-bond acceptors (Lipinski definition) is 3.